The number of carbonyl (C=O) groups is 1. The van der Waals surface area contributed by atoms with E-state index < -0.39 is 29.2 Å². The van der Waals surface area contributed by atoms with Gasteiger partial charge in [0, 0.05) is 36.2 Å². The van der Waals surface area contributed by atoms with Crippen molar-refractivity contribution in [3.05, 3.63) is 72.7 Å². The SMILES string of the molecule is C=CC(=O)Nc1cc(-c2nc(Nc3cccc(N4CCOCC4)c3)ncc2C(F)(F)F)ccc1F. The van der Waals surface area contributed by atoms with Gasteiger partial charge in [0.2, 0.25) is 11.9 Å². The van der Waals surface area contributed by atoms with E-state index in [1.807, 2.05) is 18.2 Å². The van der Waals surface area contributed by atoms with Crippen molar-refractivity contribution in [3.63, 3.8) is 0 Å². The van der Waals surface area contributed by atoms with Gasteiger partial charge in [-0.3, -0.25) is 4.79 Å². The molecule has 1 aromatic heterocycles. The number of amides is 1. The number of nitrogens with one attached hydrogen (secondary N) is 2. The first kappa shape index (κ1) is 24.1. The van der Waals surface area contributed by atoms with Crippen molar-refractivity contribution in [2.45, 2.75) is 6.18 Å². The fourth-order valence-electron chi connectivity index (χ4n) is 3.55. The van der Waals surface area contributed by atoms with Gasteiger partial charge in [0.05, 0.1) is 24.6 Å². The standard InChI is InChI=1S/C24H21F4N5O2/c1-2-21(34)31-20-12-15(6-7-19(20)25)22-18(24(26,27)28)14-29-23(32-22)30-16-4-3-5-17(13-16)33-8-10-35-11-9-33/h2-7,12-14H,1,8-11H2,(H,31,34)(H,29,30,32). The lowest BCUT2D eigenvalue weighted by Gasteiger charge is -2.29. The Balaban J connectivity index is 1.69. The zero-order valence-corrected chi connectivity index (χ0v) is 18.4. The van der Waals surface area contributed by atoms with Crippen LogP contribution in [0.2, 0.25) is 0 Å². The molecule has 3 aromatic rings. The maximum atomic E-state index is 14.1. The number of aromatic nitrogens is 2. The van der Waals surface area contributed by atoms with E-state index in [2.05, 4.69) is 32.1 Å². The van der Waals surface area contributed by atoms with E-state index in [1.54, 1.807) is 6.07 Å². The molecule has 0 unspecified atom stereocenters. The molecule has 1 aliphatic heterocycles. The highest BCUT2D eigenvalue weighted by Crippen LogP contribution is 2.37. The second-order valence-electron chi connectivity index (χ2n) is 7.62. The van der Waals surface area contributed by atoms with E-state index in [1.165, 1.54) is 0 Å². The zero-order valence-electron chi connectivity index (χ0n) is 18.4. The Morgan fingerprint density at radius 3 is 2.63 bits per heavy atom. The molecule has 182 valence electrons. The van der Waals surface area contributed by atoms with E-state index in [9.17, 15) is 22.4 Å². The van der Waals surface area contributed by atoms with Crippen molar-refractivity contribution in [3.8, 4) is 11.3 Å². The molecule has 1 aliphatic rings. The maximum absolute atomic E-state index is 14.1. The third-order valence-corrected chi connectivity index (χ3v) is 5.26. The predicted molar refractivity (Wildman–Crippen MR) is 124 cm³/mol. The Morgan fingerprint density at radius 2 is 1.91 bits per heavy atom. The van der Waals surface area contributed by atoms with Crippen LogP contribution in [0.3, 0.4) is 0 Å². The number of rotatable bonds is 6. The van der Waals surface area contributed by atoms with Gasteiger partial charge in [0.1, 0.15) is 11.4 Å². The summed E-state index contributed by atoms with van der Waals surface area (Å²) in [6.07, 6.45) is -3.17. The van der Waals surface area contributed by atoms with E-state index in [-0.39, 0.29) is 17.2 Å². The summed E-state index contributed by atoms with van der Waals surface area (Å²) >= 11 is 0. The summed E-state index contributed by atoms with van der Waals surface area (Å²) in [4.78, 5) is 21.6. The number of ether oxygens (including phenoxy) is 1. The van der Waals surface area contributed by atoms with Gasteiger partial charge in [-0.25, -0.2) is 14.4 Å². The molecule has 0 bridgehead atoms. The van der Waals surface area contributed by atoms with Crippen molar-refractivity contribution in [1.29, 1.82) is 0 Å². The smallest absolute Gasteiger partial charge is 0.378 e. The highest BCUT2D eigenvalue weighted by molar-refractivity contribution is 5.99. The van der Waals surface area contributed by atoms with E-state index in [4.69, 9.17) is 4.74 Å². The van der Waals surface area contributed by atoms with Crippen LogP contribution < -0.4 is 15.5 Å². The van der Waals surface area contributed by atoms with Crippen molar-refractivity contribution in [1.82, 2.24) is 9.97 Å². The minimum atomic E-state index is -4.76. The Kier molecular flexibility index (Phi) is 6.97. The predicted octanol–water partition coefficient (Wildman–Crippen LogP) is 5.01. The molecule has 2 heterocycles. The molecule has 7 nitrogen and oxygen atoms in total. The molecule has 4 rings (SSSR count). The Labute approximate surface area is 198 Å². The molecule has 0 atom stereocenters. The Hall–Kier alpha value is -3.99. The highest BCUT2D eigenvalue weighted by atomic mass is 19.4. The van der Waals surface area contributed by atoms with E-state index >= 15 is 0 Å². The lowest BCUT2D eigenvalue weighted by atomic mass is 10.1. The van der Waals surface area contributed by atoms with Crippen LogP contribution in [-0.2, 0) is 15.7 Å². The minimum absolute atomic E-state index is 0.0504. The molecule has 1 fully saturated rings. The third-order valence-electron chi connectivity index (χ3n) is 5.26. The van der Waals surface area contributed by atoms with Crippen LogP contribution in [-0.4, -0.2) is 42.2 Å². The molecular formula is C24H21F4N5O2. The fourth-order valence-corrected chi connectivity index (χ4v) is 3.55. The summed E-state index contributed by atoms with van der Waals surface area (Å²) in [6.45, 7) is 5.94. The van der Waals surface area contributed by atoms with Gasteiger partial charge in [-0.15, -0.1) is 0 Å². The van der Waals surface area contributed by atoms with Crippen LogP contribution in [0, 0.1) is 5.82 Å². The number of halogens is 4. The summed E-state index contributed by atoms with van der Waals surface area (Å²) in [5.41, 5.74) is -0.409. The summed E-state index contributed by atoms with van der Waals surface area (Å²) in [5.74, 6) is -1.60. The van der Waals surface area contributed by atoms with Crippen LogP contribution in [0.1, 0.15) is 5.56 Å². The van der Waals surface area contributed by atoms with Crippen LogP contribution in [0.5, 0.6) is 0 Å². The normalized spacial score (nSPS) is 13.9. The van der Waals surface area contributed by atoms with Gasteiger partial charge in [-0.2, -0.15) is 13.2 Å². The molecule has 1 saturated heterocycles. The number of nitrogens with zero attached hydrogens (tertiary/aromatic N) is 3. The Morgan fingerprint density at radius 1 is 1.14 bits per heavy atom. The molecule has 0 spiro atoms. The van der Waals surface area contributed by atoms with Gasteiger partial charge in [0.15, 0.2) is 0 Å². The van der Waals surface area contributed by atoms with Gasteiger partial charge < -0.3 is 20.3 Å². The quantitative estimate of drug-likeness (QED) is 0.376. The molecule has 2 aromatic carbocycles. The van der Waals surface area contributed by atoms with E-state index in [0.29, 0.717) is 25.1 Å². The molecule has 0 saturated carbocycles. The summed E-state index contributed by atoms with van der Waals surface area (Å²) in [5, 5.41) is 5.17. The molecule has 0 radical (unpaired) electrons. The second-order valence-corrected chi connectivity index (χ2v) is 7.62. The number of morpholine rings is 1. The second kappa shape index (κ2) is 10.1. The molecule has 2 N–H and O–H groups in total. The third kappa shape index (κ3) is 5.75. The topological polar surface area (TPSA) is 79.4 Å². The lowest BCUT2D eigenvalue weighted by molar-refractivity contribution is -0.137. The summed E-state index contributed by atoms with van der Waals surface area (Å²) in [7, 11) is 0. The lowest BCUT2D eigenvalue weighted by Crippen LogP contribution is -2.36. The Bertz CT molecular complexity index is 1240. The average molecular weight is 487 g/mol. The average Bonchev–Trinajstić information content (AvgIpc) is 2.85. The number of carbonyl (C=O) groups excluding carboxylic acids is 1. The van der Waals surface area contributed by atoms with E-state index in [0.717, 1.165) is 43.1 Å². The van der Waals surface area contributed by atoms with Crippen LogP contribution in [0.15, 0.2) is 61.3 Å². The first-order chi connectivity index (χ1) is 16.7. The molecule has 1 amide bonds. The van der Waals surface area contributed by atoms with Crippen LogP contribution in [0.4, 0.5) is 40.6 Å². The van der Waals surface area contributed by atoms with Crippen molar-refractivity contribution in [2.75, 3.05) is 41.8 Å². The minimum Gasteiger partial charge on any atom is -0.378 e. The molecule has 35 heavy (non-hydrogen) atoms. The van der Waals surface area contributed by atoms with Gasteiger partial charge in [-0.1, -0.05) is 12.6 Å². The summed E-state index contributed by atoms with van der Waals surface area (Å²) in [6, 6.07) is 10.5. The monoisotopic (exact) mass is 487 g/mol. The van der Waals surface area contributed by atoms with Crippen molar-refractivity contribution >= 4 is 28.9 Å². The number of hydrogen-bond acceptors (Lipinski definition) is 6. The van der Waals surface area contributed by atoms with Crippen LogP contribution >= 0.6 is 0 Å². The number of hydrogen-bond donors (Lipinski definition) is 2. The first-order valence-electron chi connectivity index (χ1n) is 10.6. The highest BCUT2D eigenvalue weighted by Gasteiger charge is 2.35. The number of anilines is 4. The van der Waals surface area contributed by atoms with Gasteiger partial charge in [-0.05, 0) is 42.5 Å². The summed E-state index contributed by atoms with van der Waals surface area (Å²) < 4.78 is 60.7. The molecular weight excluding hydrogens is 466 g/mol. The van der Waals surface area contributed by atoms with Crippen molar-refractivity contribution in [2.24, 2.45) is 0 Å². The largest absolute Gasteiger partial charge is 0.419 e. The van der Waals surface area contributed by atoms with Crippen LogP contribution in [0.25, 0.3) is 11.3 Å². The van der Waals surface area contributed by atoms with Gasteiger partial charge >= 0.3 is 6.18 Å². The van der Waals surface area contributed by atoms with Crippen molar-refractivity contribution < 1.29 is 27.1 Å². The number of alkyl halides is 3. The zero-order chi connectivity index (χ0) is 25.0. The first-order valence-corrected chi connectivity index (χ1v) is 10.6. The molecule has 11 heteroatoms. The maximum Gasteiger partial charge on any atom is 0.419 e. The fraction of sp³-hybridized carbons (Fsp3) is 0.208. The van der Waals surface area contributed by atoms with Gasteiger partial charge in [0.25, 0.3) is 0 Å². The molecule has 0 aliphatic carbocycles. The number of benzene rings is 2.